The van der Waals surface area contributed by atoms with E-state index in [4.69, 9.17) is 12.2 Å². The van der Waals surface area contributed by atoms with E-state index in [1.54, 1.807) is 0 Å². The van der Waals surface area contributed by atoms with Gasteiger partial charge in [0, 0.05) is 24.9 Å². The number of carbonyl (C=O) groups is 2. The van der Waals surface area contributed by atoms with Crippen molar-refractivity contribution in [3.63, 3.8) is 0 Å². The second-order valence-electron chi connectivity index (χ2n) is 7.23. The minimum Gasteiger partial charge on any atom is -0.361 e. The molecule has 2 rings (SSSR count). The Hall–Kier alpha value is -1.95. The molecule has 0 bridgehead atoms. The molecule has 0 saturated carbocycles. The van der Waals surface area contributed by atoms with Crippen LogP contribution in [0.4, 0.5) is 0 Å². The topological polar surface area (TPSA) is 70.2 Å². The minimum absolute atomic E-state index is 0.00570. The van der Waals surface area contributed by atoms with Crippen LogP contribution < -0.4 is 16.2 Å². The van der Waals surface area contributed by atoms with Crippen molar-refractivity contribution < 1.29 is 9.59 Å². The quantitative estimate of drug-likeness (QED) is 0.388. The van der Waals surface area contributed by atoms with E-state index in [1.807, 2.05) is 12.1 Å². The fraction of sp³-hybridized carbons (Fsp3) is 0.550. The van der Waals surface area contributed by atoms with Crippen molar-refractivity contribution in [3.8, 4) is 0 Å². The summed E-state index contributed by atoms with van der Waals surface area (Å²) >= 11 is 5.09. The number of thiocarbonyl (C=S) groups is 1. The van der Waals surface area contributed by atoms with Crippen molar-refractivity contribution in [1.82, 2.24) is 16.2 Å². The summed E-state index contributed by atoms with van der Waals surface area (Å²) in [7, 11) is 0. The zero-order valence-corrected chi connectivity index (χ0v) is 16.5. The zero-order valence-electron chi connectivity index (χ0n) is 15.7. The van der Waals surface area contributed by atoms with Crippen molar-refractivity contribution in [3.05, 3.63) is 34.9 Å². The molecule has 6 heteroatoms. The molecular formula is C20H29N3O2S. The third-order valence-corrected chi connectivity index (χ3v) is 4.82. The lowest BCUT2D eigenvalue weighted by molar-refractivity contribution is -0.121. The summed E-state index contributed by atoms with van der Waals surface area (Å²) in [6.07, 6.45) is 5.89. The van der Waals surface area contributed by atoms with Gasteiger partial charge in [-0.15, -0.1) is 0 Å². The molecule has 0 fully saturated rings. The van der Waals surface area contributed by atoms with Gasteiger partial charge in [0.05, 0.1) is 0 Å². The predicted octanol–water partition coefficient (Wildman–Crippen LogP) is 3.07. The van der Waals surface area contributed by atoms with Crippen LogP contribution >= 0.6 is 12.2 Å². The Kier molecular flexibility index (Phi) is 8.04. The average molecular weight is 376 g/mol. The number of ketones is 1. The van der Waals surface area contributed by atoms with E-state index in [1.165, 1.54) is 24.0 Å². The standard InChI is InChI=1S/C20H29N3O2S/c1-14(2)11-12-21-20(26)23-22-19(25)10-9-18(24)17-8-7-15-5-3-4-6-16(15)13-17/h7-8,13-14H,3-6,9-12H2,1-2H3,(H,22,25)(H2,21,23,26). The van der Waals surface area contributed by atoms with Crippen molar-refractivity contribution in [1.29, 1.82) is 0 Å². The molecule has 0 radical (unpaired) electrons. The lowest BCUT2D eigenvalue weighted by Gasteiger charge is -2.16. The third kappa shape index (κ3) is 6.75. The number of amides is 1. The van der Waals surface area contributed by atoms with E-state index in [0.29, 0.717) is 16.6 Å². The zero-order chi connectivity index (χ0) is 18.9. The Morgan fingerprint density at radius 1 is 1.08 bits per heavy atom. The van der Waals surface area contributed by atoms with Crippen LogP contribution in [0.1, 0.15) is 67.4 Å². The normalized spacial score (nSPS) is 13.0. The fourth-order valence-corrected chi connectivity index (χ4v) is 3.14. The summed E-state index contributed by atoms with van der Waals surface area (Å²) in [6, 6.07) is 5.95. The first-order valence-electron chi connectivity index (χ1n) is 9.43. The molecule has 142 valence electrons. The molecule has 1 aromatic rings. The van der Waals surface area contributed by atoms with Crippen LogP contribution in [0.5, 0.6) is 0 Å². The molecule has 5 nitrogen and oxygen atoms in total. The summed E-state index contributed by atoms with van der Waals surface area (Å²) in [5.41, 5.74) is 8.55. The van der Waals surface area contributed by atoms with E-state index >= 15 is 0 Å². The second kappa shape index (κ2) is 10.3. The summed E-state index contributed by atoms with van der Waals surface area (Å²) in [5, 5.41) is 3.42. The lowest BCUT2D eigenvalue weighted by atomic mass is 9.89. The van der Waals surface area contributed by atoms with Crippen LogP contribution in [-0.4, -0.2) is 23.3 Å². The molecule has 1 aliphatic carbocycles. The summed E-state index contributed by atoms with van der Waals surface area (Å²) < 4.78 is 0. The number of hydrogen-bond donors (Lipinski definition) is 3. The summed E-state index contributed by atoms with van der Waals surface area (Å²) in [6.45, 7) is 5.04. The fourth-order valence-electron chi connectivity index (χ4n) is 2.99. The highest BCUT2D eigenvalue weighted by molar-refractivity contribution is 7.80. The van der Waals surface area contributed by atoms with Crippen LogP contribution in [0, 0.1) is 5.92 Å². The maximum Gasteiger partial charge on any atom is 0.238 e. The van der Waals surface area contributed by atoms with Crippen LogP contribution in [0.2, 0.25) is 0 Å². The van der Waals surface area contributed by atoms with Gasteiger partial charge in [-0.05, 0) is 67.4 Å². The molecule has 0 aliphatic heterocycles. The number of carbonyl (C=O) groups excluding carboxylic acids is 2. The van der Waals surface area contributed by atoms with E-state index < -0.39 is 0 Å². The smallest absolute Gasteiger partial charge is 0.238 e. The van der Waals surface area contributed by atoms with Crippen molar-refractivity contribution in [2.45, 2.75) is 58.8 Å². The number of Topliss-reactive ketones (excluding diaryl/α,β-unsaturated/α-hetero) is 1. The first kappa shape index (κ1) is 20.4. The van der Waals surface area contributed by atoms with Crippen molar-refractivity contribution >= 4 is 29.0 Å². The highest BCUT2D eigenvalue weighted by Crippen LogP contribution is 2.22. The molecular weight excluding hydrogens is 346 g/mol. The molecule has 0 heterocycles. The van der Waals surface area contributed by atoms with E-state index in [2.05, 4.69) is 36.1 Å². The van der Waals surface area contributed by atoms with Gasteiger partial charge in [0.1, 0.15) is 0 Å². The Bertz CT molecular complexity index is 658. The predicted molar refractivity (Wildman–Crippen MR) is 108 cm³/mol. The van der Waals surface area contributed by atoms with Gasteiger partial charge in [0.15, 0.2) is 10.9 Å². The SMILES string of the molecule is CC(C)CCNC(=S)NNC(=O)CCC(=O)c1ccc2c(c1)CCCC2. The summed E-state index contributed by atoms with van der Waals surface area (Å²) in [4.78, 5) is 24.2. The van der Waals surface area contributed by atoms with Gasteiger partial charge in [-0.2, -0.15) is 0 Å². The van der Waals surface area contributed by atoms with Gasteiger partial charge < -0.3 is 5.32 Å². The minimum atomic E-state index is -0.246. The largest absolute Gasteiger partial charge is 0.361 e. The number of rotatable bonds is 7. The number of aryl methyl sites for hydroxylation is 2. The van der Waals surface area contributed by atoms with Gasteiger partial charge in [-0.25, -0.2) is 0 Å². The Balaban J connectivity index is 1.70. The molecule has 26 heavy (non-hydrogen) atoms. The van der Waals surface area contributed by atoms with Gasteiger partial charge in [0.25, 0.3) is 0 Å². The Morgan fingerprint density at radius 2 is 1.81 bits per heavy atom. The van der Waals surface area contributed by atoms with Crippen LogP contribution in [0.25, 0.3) is 0 Å². The number of hydrogen-bond acceptors (Lipinski definition) is 3. The first-order chi connectivity index (χ1) is 12.5. The van der Waals surface area contributed by atoms with Crippen LogP contribution in [0.3, 0.4) is 0 Å². The Labute approximate surface area is 161 Å². The number of hydrazine groups is 1. The highest BCUT2D eigenvalue weighted by Gasteiger charge is 2.14. The molecule has 1 amide bonds. The van der Waals surface area contributed by atoms with Gasteiger partial charge in [0.2, 0.25) is 5.91 Å². The molecule has 0 atom stereocenters. The van der Waals surface area contributed by atoms with Gasteiger partial charge >= 0.3 is 0 Å². The van der Waals surface area contributed by atoms with Crippen LogP contribution in [-0.2, 0) is 17.6 Å². The molecule has 1 aliphatic rings. The van der Waals surface area contributed by atoms with Gasteiger partial charge in [-0.1, -0.05) is 26.0 Å². The highest BCUT2D eigenvalue weighted by atomic mass is 32.1. The monoisotopic (exact) mass is 375 g/mol. The molecule has 0 saturated heterocycles. The molecule has 0 aromatic heterocycles. The molecule has 0 unspecified atom stereocenters. The Morgan fingerprint density at radius 3 is 2.54 bits per heavy atom. The second-order valence-corrected chi connectivity index (χ2v) is 7.63. The molecule has 3 N–H and O–H groups in total. The number of benzene rings is 1. The van der Waals surface area contributed by atoms with Gasteiger partial charge in [-0.3, -0.25) is 20.4 Å². The maximum absolute atomic E-state index is 12.3. The van der Waals surface area contributed by atoms with E-state index in [0.717, 1.165) is 25.8 Å². The average Bonchev–Trinajstić information content (AvgIpc) is 2.63. The number of fused-ring (bicyclic) bond motifs is 1. The molecule has 0 spiro atoms. The first-order valence-corrected chi connectivity index (χ1v) is 9.84. The third-order valence-electron chi connectivity index (χ3n) is 4.57. The van der Waals surface area contributed by atoms with E-state index in [-0.39, 0.29) is 24.5 Å². The van der Waals surface area contributed by atoms with Crippen LogP contribution in [0.15, 0.2) is 18.2 Å². The number of nitrogens with one attached hydrogen (secondary N) is 3. The maximum atomic E-state index is 12.3. The lowest BCUT2D eigenvalue weighted by Crippen LogP contribution is -2.47. The van der Waals surface area contributed by atoms with E-state index in [9.17, 15) is 9.59 Å². The van der Waals surface area contributed by atoms with Crippen molar-refractivity contribution in [2.24, 2.45) is 5.92 Å². The molecule has 1 aromatic carbocycles. The summed E-state index contributed by atoms with van der Waals surface area (Å²) in [5.74, 6) is 0.352. The van der Waals surface area contributed by atoms with Crippen molar-refractivity contribution in [2.75, 3.05) is 6.54 Å².